The van der Waals surface area contributed by atoms with Crippen LogP contribution in [0.25, 0.3) is 6.08 Å². The zero-order chi connectivity index (χ0) is 18.7. The number of carbonyl (C=O) groups is 1. The molecule has 2 aromatic rings. The zero-order valence-electron chi connectivity index (χ0n) is 13.6. The fourth-order valence-corrected chi connectivity index (χ4v) is 5.39. The molecule has 1 aromatic heterocycles. The minimum Gasteiger partial charge on any atom is -0.337 e. The normalized spacial score (nSPS) is 16.3. The average Bonchev–Trinajstić information content (AvgIpc) is 3.15. The number of sulfonamides is 1. The van der Waals surface area contributed by atoms with Crippen molar-refractivity contribution in [3.63, 3.8) is 0 Å². The number of piperazine rings is 1. The minimum absolute atomic E-state index is 0.0102. The van der Waals surface area contributed by atoms with Crippen molar-refractivity contribution in [3.8, 4) is 0 Å². The van der Waals surface area contributed by atoms with Crippen molar-refractivity contribution in [2.24, 2.45) is 0 Å². The van der Waals surface area contributed by atoms with Crippen LogP contribution in [-0.2, 0) is 14.8 Å². The molecule has 2 heterocycles. The Morgan fingerprint density at radius 2 is 1.81 bits per heavy atom. The van der Waals surface area contributed by atoms with Gasteiger partial charge in [0.15, 0.2) is 0 Å². The van der Waals surface area contributed by atoms with Crippen LogP contribution in [0.15, 0.2) is 46.7 Å². The molecule has 1 aliphatic rings. The van der Waals surface area contributed by atoms with E-state index in [1.165, 1.54) is 16.4 Å². The number of nitrogens with zero attached hydrogens (tertiary/aromatic N) is 2. The van der Waals surface area contributed by atoms with E-state index in [9.17, 15) is 13.2 Å². The lowest BCUT2D eigenvalue weighted by atomic mass is 10.3. The van der Waals surface area contributed by atoms with Crippen molar-refractivity contribution in [3.05, 3.63) is 56.7 Å². The van der Waals surface area contributed by atoms with Crippen LogP contribution in [0.5, 0.6) is 0 Å². The molecule has 0 saturated carbocycles. The number of thiophene rings is 1. The molecule has 138 valence electrons. The van der Waals surface area contributed by atoms with Crippen LogP contribution in [-0.4, -0.2) is 49.7 Å². The molecule has 9 heteroatoms. The Bertz CT molecular complexity index is 919. The van der Waals surface area contributed by atoms with Gasteiger partial charge in [0.1, 0.15) is 4.90 Å². The first-order chi connectivity index (χ1) is 12.4. The van der Waals surface area contributed by atoms with Crippen molar-refractivity contribution >= 4 is 56.5 Å². The average molecular weight is 431 g/mol. The number of benzene rings is 1. The maximum Gasteiger partial charge on any atom is 0.246 e. The maximum absolute atomic E-state index is 12.8. The van der Waals surface area contributed by atoms with E-state index in [0.29, 0.717) is 13.1 Å². The van der Waals surface area contributed by atoms with Gasteiger partial charge in [0.25, 0.3) is 0 Å². The van der Waals surface area contributed by atoms with Gasteiger partial charge in [-0.15, -0.1) is 11.3 Å². The Morgan fingerprint density at radius 3 is 2.46 bits per heavy atom. The van der Waals surface area contributed by atoms with Crippen LogP contribution < -0.4 is 0 Å². The van der Waals surface area contributed by atoms with Crippen molar-refractivity contribution in [2.45, 2.75) is 4.90 Å². The van der Waals surface area contributed by atoms with E-state index < -0.39 is 10.0 Å². The maximum atomic E-state index is 12.8. The van der Waals surface area contributed by atoms with Gasteiger partial charge in [-0.1, -0.05) is 35.3 Å². The quantitative estimate of drug-likeness (QED) is 0.696. The Morgan fingerprint density at radius 1 is 1.08 bits per heavy atom. The molecular weight excluding hydrogens is 415 g/mol. The second-order valence-corrected chi connectivity index (χ2v) is 9.30. The molecule has 0 radical (unpaired) electrons. The summed E-state index contributed by atoms with van der Waals surface area (Å²) in [5, 5.41) is 2.15. The Balaban J connectivity index is 1.66. The smallest absolute Gasteiger partial charge is 0.246 e. The largest absolute Gasteiger partial charge is 0.337 e. The number of amides is 1. The van der Waals surface area contributed by atoms with Crippen molar-refractivity contribution in [1.29, 1.82) is 0 Å². The SMILES string of the molecule is O=C(/C=C/c1cccs1)N1CCN(S(=O)(=O)c2cccc(Cl)c2Cl)CC1. The Hall–Kier alpha value is -1.38. The summed E-state index contributed by atoms with van der Waals surface area (Å²) in [7, 11) is -3.75. The third kappa shape index (κ3) is 4.13. The van der Waals surface area contributed by atoms with Gasteiger partial charge in [-0.2, -0.15) is 4.31 Å². The second-order valence-electron chi connectivity index (χ2n) is 5.63. The first-order valence-electron chi connectivity index (χ1n) is 7.84. The molecule has 0 aliphatic carbocycles. The van der Waals surface area contributed by atoms with Crippen molar-refractivity contribution in [2.75, 3.05) is 26.2 Å². The topological polar surface area (TPSA) is 57.7 Å². The van der Waals surface area contributed by atoms with Crippen LogP contribution in [0.1, 0.15) is 4.88 Å². The van der Waals surface area contributed by atoms with Crippen LogP contribution >= 0.6 is 34.5 Å². The molecule has 0 N–H and O–H groups in total. The molecule has 0 bridgehead atoms. The summed E-state index contributed by atoms with van der Waals surface area (Å²) in [5.74, 6) is -0.128. The number of carbonyl (C=O) groups excluding carboxylic acids is 1. The number of hydrogen-bond donors (Lipinski definition) is 0. The summed E-state index contributed by atoms with van der Waals surface area (Å²) < 4.78 is 26.9. The molecule has 1 aliphatic heterocycles. The summed E-state index contributed by atoms with van der Waals surface area (Å²) >= 11 is 13.5. The van der Waals surface area contributed by atoms with E-state index in [1.807, 2.05) is 17.5 Å². The van der Waals surface area contributed by atoms with Crippen LogP contribution in [0.4, 0.5) is 0 Å². The molecule has 0 atom stereocenters. The molecule has 0 spiro atoms. The van der Waals surface area contributed by atoms with Gasteiger partial charge in [0.05, 0.1) is 10.0 Å². The predicted octanol–water partition coefficient (Wildman–Crippen LogP) is 3.60. The van der Waals surface area contributed by atoms with E-state index in [2.05, 4.69) is 0 Å². The van der Waals surface area contributed by atoms with Gasteiger partial charge in [-0.05, 0) is 29.7 Å². The van der Waals surface area contributed by atoms with E-state index in [-0.39, 0.29) is 33.9 Å². The van der Waals surface area contributed by atoms with E-state index in [4.69, 9.17) is 23.2 Å². The lowest BCUT2D eigenvalue weighted by molar-refractivity contribution is -0.127. The van der Waals surface area contributed by atoms with Gasteiger partial charge >= 0.3 is 0 Å². The first kappa shape index (κ1) is 19.4. The highest BCUT2D eigenvalue weighted by molar-refractivity contribution is 7.89. The van der Waals surface area contributed by atoms with E-state index in [1.54, 1.807) is 34.4 Å². The van der Waals surface area contributed by atoms with Crippen LogP contribution in [0.2, 0.25) is 10.0 Å². The summed E-state index contributed by atoms with van der Waals surface area (Å²) in [6, 6.07) is 8.37. The molecule has 1 fully saturated rings. The molecule has 0 unspecified atom stereocenters. The van der Waals surface area contributed by atoms with E-state index >= 15 is 0 Å². The van der Waals surface area contributed by atoms with Gasteiger partial charge in [-0.3, -0.25) is 4.79 Å². The van der Waals surface area contributed by atoms with E-state index in [0.717, 1.165) is 4.88 Å². The molecule has 3 rings (SSSR count). The summed E-state index contributed by atoms with van der Waals surface area (Å²) in [6.45, 7) is 1.07. The Kier molecular flexibility index (Phi) is 6.04. The summed E-state index contributed by atoms with van der Waals surface area (Å²) in [5.41, 5.74) is 0. The first-order valence-corrected chi connectivity index (χ1v) is 10.9. The summed E-state index contributed by atoms with van der Waals surface area (Å²) in [4.78, 5) is 14.9. The summed E-state index contributed by atoms with van der Waals surface area (Å²) in [6.07, 6.45) is 3.28. The zero-order valence-corrected chi connectivity index (χ0v) is 16.8. The van der Waals surface area contributed by atoms with Crippen molar-refractivity contribution in [1.82, 2.24) is 9.21 Å². The third-order valence-electron chi connectivity index (χ3n) is 4.02. The van der Waals surface area contributed by atoms with Crippen LogP contribution in [0.3, 0.4) is 0 Å². The molecule has 5 nitrogen and oxygen atoms in total. The molecular formula is C17H16Cl2N2O3S2. The second kappa shape index (κ2) is 8.10. The fraction of sp³-hybridized carbons (Fsp3) is 0.235. The van der Waals surface area contributed by atoms with Gasteiger partial charge in [0.2, 0.25) is 15.9 Å². The minimum atomic E-state index is -3.75. The lowest BCUT2D eigenvalue weighted by Crippen LogP contribution is -2.50. The highest BCUT2D eigenvalue weighted by atomic mass is 35.5. The van der Waals surface area contributed by atoms with Crippen LogP contribution in [0, 0.1) is 0 Å². The predicted molar refractivity (Wildman–Crippen MR) is 105 cm³/mol. The Labute approximate surface area is 166 Å². The number of hydrogen-bond acceptors (Lipinski definition) is 4. The number of halogens is 2. The molecule has 1 amide bonds. The lowest BCUT2D eigenvalue weighted by Gasteiger charge is -2.33. The highest BCUT2D eigenvalue weighted by Gasteiger charge is 2.31. The molecule has 26 heavy (non-hydrogen) atoms. The highest BCUT2D eigenvalue weighted by Crippen LogP contribution is 2.31. The number of rotatable bonds is 4. The van der Waals surface area contributed by atoms with Gasteiger partial charge in [0, 0.05) is 37.1 Å². The van der Waals surface area contributed by atoms with Gasteiger partial charge in [-0.25, -0.2) is 8.42 Å². The molecule has 1 saturated heterocycles. The fourth-order valence-electron chi connectivity index (χ4n) is 2.62. The van der Waals surface area contributed by atoms with Gasteiger partial charge < -0.3 is 4.90 Å². The monoisotopic (exact) mass is 430 g/mol. The third-order valence-corrected chi connectivity index (χ3v) is 7.73. The van der Waals surface area contributed by atoms with Crippen molar-refractivity contribution < 1.29 is 13.2 Å². The standard InChI is InChI=1S/C17H16Cl2N2O3S2/c18-14-4-1-5-15(17(14)19)26(23,24)21-10-8-20(9-11-21)16(22)7-6-13-3-2-12-25-13/h1-7,12H,8-11H2/b7-6+. The molecule has 1 aromatic carbocycles.